The van der Waals surface area contributed by atoms with Gasteiger partial charge in [0.25, 0.3) is 5.91 Å². The second-order valence-electron chi connectivity index (χ2n) is 6.91. The van der Waals surface area contributed by atoms with Gasteiger partial charge in [-0.3, -0.25) is 4.79 Å². The van der Waals surface area contributed by atoms with E-state index in [4.69, 9.17) is 0 Å². The van der Waals surface area contributed by atoms with Crippen molar-refractivity contribution < 1.29 is 13.2 Å². The van der Waals surface area contributed by atoms with E-state index in [1.54, 1.807) is 30.0 Å². The topological polar surface area (TPSA) is 70.6 Å². The standard InChI is InChI=1S/C20H21N3O3S3/c1-27-15-5-3-14(4-6-15)19(24)22-9-11-23(12-10-22)20-21-17-8-7-16(29(2,25)26)13-18(17)28-20/h3-8,13H,9-12H2,1-2H3. The van der Waals surface area contributed by atoms with Crippen molar-refractivity contribution in [2.45, 2.75) is 9.79 Å². The summed E-state index contributed by atoms with van der Waals surface area (Å²) in [5.41, 5.74) is 1.51. The van der Waals surface area contributed by atoms with Crippen LogP contribution in [-0.4, -0.2) is 62.9 Å². The summed E-state index contributed by atoms with van der Waals surface area (Å²) in [5.74, 6) is 0.0550. The Hall–Kier alpha value is -2.10. The van der Waals surface area contributed by atoms with Crippen molar-refractivity contribution in [1.82, 2.24) is 9.88 Å². The maximum atomic E-state index is 12.7. The molecule has 1 aromatic heterocycles. The minimum Gasteiger partial charge on any atom is -0.345 e. The molecule has 0 saturated carbocycles. The Morgan fingerprint density at radius 1 is 1.07 bits per heavy atom. The lowest BCUT2D eigenvalue weighted by Crippen LogP contribution is -2.48. The molecule has 2 aromatic carbocycles. The highest BCUT2D eigenvalue weighted by Crippen LogP contribution is 2.31. The van der Waals surface area contributed by atoms with Crippen molar-refractivity contribution in [3.63, 3.8) is 0 Å². The van der Waals surface area contributed by atoms with Crippen molar-refractivity contribution in [3.8, 4) is 0 Å². The van der Waals surface area contributed by atoms with Crippen LogP contribution in [0.15, 0.2) is 52.3 Å². The quantitative estimate of drug-likeness (QED) is 0.571. The number of hydrogen-bond donors (Lipinski definition) is 0. The van der Waals surface area contributed by atoms with Crippen LogP contribution in [0.25, 0.3) is 10.2 Å². The molecule has 3 aromatic rings. The SMILES string of the molecule is CSc1ccc(C(=O)N2CCN(c3nc4ccc(S(C)(=O)=O)cc4s3)CC2)cc1. The number of piperazine rings is 1. The number of rotatable bonds is 4. The maximum absolute atomic E-state index is 12.7. The number of anilines is 1. The third kappa shape index (κ3) is 4.26. The third-order valence-corrected chi connectivity index (χ3v) is 7.88. The Kier molecular flexibility index (Phi) is 5.54. The van der Waals surface area contributed by atoms with E-state index < -0.39 is 9.84 Å². The number of carbonyl (C=O) groups excluding carboxylic acids is 1. The van der Waals surface area contributed by atoms with Gasteiger partial charge in [-0.05, 0) is 48.7 Å². The molecule has 1 aliphatic rings. The van der Waals surface area contributed by atoms with Crippen LogP contribution in [0.2, 0.25) is 0 Å². The molecule has 0 spiro atoms. The molecule has 0 aliphatic carbocycles. The molecule has 0 atom stereocenters. The summed E-state index contributed by atoms with van der Waals surface area (Å²) in [5, 5.41) is 0.863. The number of amides is 1. The lowest BCUT2D eigenvalue weighted by molar-refractivity contribution is 0.0746. The van der Waals surface area contributed by atoms with E-state index in [9.17, 15) is 13.2 Å². The van der Waals surface area contributed by atoms with Crippen molar-refractivity contribution in [2.75, 3.05) is 43.6 Å². The minimum absolute atomic E-state index is 0.0550. The summed E-state index contributed by atoms with van der Waals surface area (Å²) in [6.07, 6.45) is 3.22. The lowest BCUT2D eigenvalue weighted by Gasteiger charge is -2.34. The van der Waals surface area contributed by atoms with Crippen LogP contribution in [0.1, 0.15) is 10.4 Å². The van der Waals surface area contributed by atoms with Crippen molar-refractivity contribution >= 4 is 54.2 Å². The van der Waals surface area contributed by atoms with Crippen LogP contribution < -0.4 is 4.90 Å². The van der Waals surface area contributed by atoms with Crippen LogP contribution in [0, 0.1) is 0 Å². The van der Waals surface area contributed by atoms with Crippen LogP contribution in [0.3, 0.4) is 0 Å². The molecule has 1 fully saturated rings. The highest BCUT2D eigenvalue weighted by molar-refractivity contribution is 7.98. The number of sulfone groups is 1. The number of benzene rings is 2. The van der Waals surface area contributed by atoms with E-state index in [1.807, 2.05) is 35.4 Å². The fraction of sp³-hybridized carbons (Fsp3) is 0.300. The fourth-order valence-electron chi connectivity index (χ4n) is 3.28. The zero-order valence-corrected chi connectivity index (χ0v) is 18.6. The average Bonchev–Trinajstić information content (AvgIpc) is 3.16. The minimum atomic E-state index is -3.24. The monoisotopic (exact) mass is 447 g/mol. The van der Waals surface area contributed by atoms with Crippen LogP contribution >= 0.6 is 23.1 Å². The smallest absolute Gasteiger partial charge is 0.253 e. The molecule has 6 nitrogen and oxygen atoms in total. The van der Waals surface area contributed by atoms with Gasteiger partial charge in [-0.25, -0.2) is 13.4 Å². The highest BCUT2D eigenvalue weighted by Gasteiger charge is 2.24. The van der Waals surface area contributed by atoms with E-state index in [0.29, 0.717) is 36.6 Å². The zero-order chi connectivity index (χ0) is 20.6. The number of hydrogen-bond acceptors (Lipinski definition) is 7. The van der Waals surface area contributed by atoms with Gasteiger partial charge in [0.2, 0.25) is 0 Å². The molecular formula is C20H21N3O3S3. The number of carbonyl (C=O) groups is 1. The number of thiazole rings is 1. The molecule has 152 valence electrons. The van der Waals surface area contributed by atoms with E-state index in [2.05, 4.69) is 9.88 Å². The highest BCUT2D eigenvalue weighted by atomic mass is 32.2. The number of fused-ring (bicyclic) bond motifs is 1. The molecule has 9 heteroatoms. The fourth-order valence-corrected chi connectivity index (χ4v) is 5.46. The van der Waals surface area contributed by atoms with Crippen LogP contribution in [-0.2, 0) is 9.84 Å². The van der Waals surface area contributed by atoms with Gasteiger partial charge in [0.15, 0.2) is 15.0 Å². The molecule has 1 amide bonds. The first kappa shape index (κ1) is 20.2. The molecular weight excluding hydrogens is 426 g/mol. The Balaban J connectivity index is 1.45. The first-order valence-corrected chi connectivity index (χ1v) is 13.1. The van der Waals surface area contributed by atoms with Gasteiger partial charge in [0.05, 0.1) is 15.1 Å². The molecule has 1 aliphatic heterocycles. The molecule has 0 N–H and O–H groups in total. The Labute approximate surface area is 178 Å². The second kappa shape index (κ2) is 7.97. The Morgan fingerprint density at radius 3 is 2.38 bits per heavy atom. The van der Waals surface area contributed by atoms with Gasteiger partial charge in [-0.15, -0.1) is 11.8 Å². The molecule has 0 radical (unpaired) electrons. The van der Waals surface area contributed by atoms with E-state index in [-0.39, 0.29) is 5.91 Å². The number of nitrogens with zero attached hydrogens (tertiary/aromatic N) is 3. The Bertz CT molecular complexity index is 1150. The van der Waals surface area contributed by atoms with E-state index >= 15 is 0 Å². The number of thioether (sulfide) groups is 1. The largest absolute Gasteiger partial charge is 0.345 e. The van der Waals surface area contributed by atoms with Gasteiger partial charge < -0.3 is 9.80 Å². The normalized spacial score (nSPS) is 15.1. The van der Waals surface area contributed by atoms with Crippen LogP contribution in [0.5, 0.6) is 0 Å². The third-order valence-electron chi connectivity index (χ3n) is 4.95. The first-order valence-electron chi connectivity index (χ1n) is 9.14. The Morgan fingerprint density at radius 2 is 1.76 bits per heavy atom. The summed E-state index contributed by atoms with van der Waals surface area (Å²) in [7, 11) is -3.24. The first-order chi connectivity index (χ1) is 13.8. The molecule has 0 bridgehead atoms. The van der Waals surface area contributed by atoms with Crippen LogP contribution in [0.4, 0.5) is 5.13 Å². The molecule has 0 unspecified atom stereocenters. The van der Waals surface area contributed by atoms with E-state index in [1.165, 1.54) is 17.6 Å². The molecule has 1 saturated heterocycles. The zero-order valence-electron chi connectivity index (χ0n) is 16.2. The molecule has 4 rings (SSSR count). The van der Waals surface area contributed by atoms with Crippen molar-refractivity contribution in [1.29, 1.82) is 0 Å². The summed E-state index contributed by atoms with van der Waals surface area (Å²) < 4.78 is 24.4. The predicted octanol–water partition coefficient (Wildman–Crippen LogP) is 3.38. The van der Waals surface area contributed by atoms with E-state index in [0.717, 1.165) is 20.2 Å². The summed E-state index contributed by atoms with van der Waals surface area (Å²) in [6.45, 7) is 2.67. The summed E-state index contributed by atoms with van der Waals surface area (Å²) in [6, 6.07) is 12.7. The average molecular weight is 448 g/mol. The van der Waals surface area contributed by atoms with Gasteiger partial charge in [0, 0.05) is 42.9 Å². The number of aromatic nitrogens is 1. The van der Waals surface area contributed by atoms with Crippen molar-refractivity contribution in [2.24, 2.45) is 0 Å². The summed E-state index contributed by atoms with van der Waals surface area (Å²) in [4.78, 5) is 22.9. The summed E-state index contributed by atoms with van der Waals surface area (Å²) >= 11 is 3.14. The van der Waals surface area contributed by atoms with Gasteiger partial charge in [0.1, 0.15) is 0 Å². The second-order valence-corrected chi connectivity index (χ2v) is 10.8. The molecule has 2 heterocycles. The maximum Gasteiger partial charge on any atom is 0.253 e. The predicted molar refractivity (Wildman–Crippen MR) is 119 cm³/mol. The lowest BCUT2D eigenvalue weighted by atomic mass is 10.2. The van der Waals surface area contributed by atoms with Gasteiger partial charge in [-0.1, -0.05) is 11.3 Å². The molecule has 29 heavy (non-hydrogen) atoms. The van der Waals surface area contributed by atoms with Gasteiger partial charge >= 0.3 is 0 Å². The van der Waals surface area contributed by atoms with Gasteiger partial charge in [-0.2, -0.15) is 0 Å². The van der Waals surface area contributed by atoms with Crippen molar-refractivity contribution in [3.05, 3.63) is 48.0 Å².